The second kappa shape index (κ2) is 11.8. The zero-order chi connectivity index (χ0) is 31.1. The van der Waals surface area contributed by atoms with Gasteiger partial charge in [0, 0.05) is 23.9 Å². The monoisotopic (exact) mass is 583 g/mol. The number of rotatable bonds is 6. The van der Waals surface area contributed by atoms with E-state index in [4.69, 9.17) is 4.74 Å². The Balaban J connectivity index is 1.36. The summed E-state index contributed by atoms with van der Waals surface area (Å²) in [5.41, 5.74) is 3.90. The van der Waals surface area contributed by atoms with Crippen molar-refractivity contribution in [2.45, 2.75) is 73.3 Å². The lowest BCUT2D eigenvalue weighted by Gasteiger charge is -2.50. The summed E-state index contributed by atoms with van der Waals surface area (Å²) in [6.45, 7) is 14.2. The minimum absolute atomic E-state index is 0.135. The molecule has 5 rings (SSSR count). The fourth-order valence-electron chi connectivity index (χ4n) is 7.83. The summed E-state index contributed by atoms with van der Waals surface area (Å²) in [4.78, 5) is 40.8. The number of carbonyl (C=O) groups is 3. The molecule has 2 aliphatic carbocycles. The van der Waals surface area contributed by atoms with Crippen molar-refractivity contribution in [3.63, 3.8) is 0 Å². The molecule has 2 aromatic carbocycles. The van der Waals surface area contributed by atoms with Crippen LogP contribution in [-0.2, 0) is 4.74 Å². The first-order valence-corrected chi connectivity index (χ1v) is 15.7. The number of hydrogen-bond acceptors (Lipinski definition) is 4. The summed E-state index contributed by atoms with van der Waals surface area (Å²) in [6.07, 6.45) is 8.10. The van der Waals surface area contributed by atoms with Crippen molar-refractivity contribution in [3.8, 4) is 0 Å². The lowest BCUT2D eigenvalue weighted by atomic mass is 9.58. The molecule has 1 heterocycles. The van der Waals surface area contributed by atoms with Crippen molar-refractivity contribution >= 4 is 23.4 Å². The van der Waals surface area contributed by atoms with E-state index in [1.807, 2.05) is 23.1 Å². The third kappa shape index (κ3) is 5.93. The Labute approximate surface area is 255 Å². The molecule has 1 aliphatic heterocycles. The van der Waals surface area contributed by atoms with Crippen molar-refractivity contribution < 1.29 is 24.2 Å². The van der Waals surface area contributed by atoms with E-state index in [9.17, 15) is 19.5 Å². The predicted octanol–water partition coefficient (Wildman–Crippen LogP) is 7.90. The number of esters is 1. The highest BCUT2D eigenvalue weighted by molar-refractivity contribution is 6.05. The van der Waals surface area contributed by atoms with Gasteiger partial charge < -0.3 is 14.7 Å². The molecule has 0 radical (unpaired) electrons. The second-order valence-corrected chi connectivity index (χ2v) is 14.0. The molecule has 1 N–H and O–H groups in total. The molecule has 2 aromatic rings. The first-order chi connectivity index (χ1) is 20.3. The molecule has 0 spiro atoms. The van der Waals surface area contributed by atoms with E-state index in [0.29, 0.717) is 42.0 Å². The van der Waals surface area contributed by atoms with Crippen LogP contribution in [0.4, 0.5) is 0 Å². The third-order valence-electron chi connectivity index (χ3n) is 10.1. The van der Waals surface area contributed by atoms with Gasteiger partial charge in [0.25, 0.3) is 5.91 Å². The SMILES string of the molecule is CC(C)[C@H]1CC[C@H](C)CC1OC(=O)c1ccccc1C(=O)N1CC=C2C(C)(C)C(c3ccc(C(=O)O)cc3)=CC[C@]2(C)C1. The zero-order valence-electron chi connectivity index (χ0n) is 26.4. The highest BCUT2D eigenvalue weighted by atomic mass is 16.5. The van der Waals surface area contributed by atoms with Gasteiger partial charge in [-0.25, -0.2) is 9.59 Å². The fourth-order valence-corrected chi connectivity index (χ4v) is 7.83. The minimum atomic E-state index is -0.936. The van der Waals surface area contributed by atoms with E-state index < -0.39 is 11.9 Å². The summed E-state index contributed by atoms with van der Waals surface area (Å²) in [6, 6.07) is 14.1. The van der Waals surface area contributed by atoms with Crippen LogP contribution in [-0.4, -0.2) is 47.0 Å². The molecule has 0 aromatic heterocycles. The van der Waals surface area contributed by atoms with Gasteiger partial charge in [-0.2, -0.15) is 0 Å². The Kier molecular flexibility index (Phi) is 8.43. The van der Waals surface area contributed by atoms with Gasteiger partial charge in [-0.05, 0) is 72.4 Å². The number of hydrogen-bond donors (Lipinski definition) is 1. The van der Waals surface area contributed by atoms with Crippen molar-refractivity contribution in [2.24, 2.45) is 28.6 Å². The van der Waals surface area contributed by atoms with E-state index in [-0.39, 0.29) is 28.4 Å². The van der Waals surface area contributed by atoms with Gasteiger partial charge in [-0.3, -0.25) is 4.79 Å². The lowest BCUT2D eigenvalue weighted by Crippen LogP contribution is -2.49. The van der Waals surface area contributed by atoms with Crippen molar-refractivity contribution in [1.82, 2.24) is 4.90 Å². The van der Waals surface area contributed by atoms with Gasteiger partial charge in [-0.15, -0.1) is 0 Å². The van der Waals surface area contributed by atoms with Gasteiger partial charge in [0.1, 0.15) is 6.10 Å². The highest BCUT2D eigenvalue weighted by Gasteiger charge is 2.46. The molecule has 1 saturated carbocycles. The highest BCUT2D eigenvalue weighted by Crippen LogP contribution is 2.55. The number of carboxylic acids is 1. The molecule has 0 saturated heterocycles. The van der Waals surface area contributed by atoms with Crippen LogP contribution in [0.2, 0.25) is 0 Å². The number of aromatic carboxylic acids is 1. The number of fused-ring (bicyclic) bond motifs is 1. The molecule has 0 bridgehead atoms. The van der Waals surface area contributed by atoms with E-state index in [1.54, 1.807) is 30.3 Å². The molecule has 1 unspecified atom stereocenters. The molecule has 4 atom stereocenters. The molecule has 43 heavy (non-hydrogen) atoms. The average Bonchev–Trinajstić information content (AvgIpc) is 2.96. The Morgan fingerprint density at radius 2 is 1.63 bits per heavy atom. The quantitative estimate of drug-likeness (QED) is 0.276. The van der Waals surface area contributed by atoms with Crippen molar-refractivity contribution in [3.05, 3.63) is 88.5 Å². The Hall–Kier alpha value is -3.67. The number of carbonyl (C=O) groups excluding carboxylic acids is 2. The summed E-state index contributed by atoms with van der Waals surface area (Å²) in [5.74, 6) is -0.231. The molecule has 228 valence electrons. The van der Waals surface area contributed by atoms with Crippen LogP contribution < -0.4 is 0 Å². The van der Waals surface area contributed by atoms with Gasteiger partial charge in [0.05, 0.1) is 16.7 Å². The van der Waals surface area contributed by atoms with Crippen LogP contribution in [0, 0.1) is 28.6 Å². The normalized spacial score (nSPS) is 26.7. The van der Waals surface area contributed by atoms with Crippen LogP contribution in [0.3, 0.4) is 0 Å². The Bertz CT molecular complexity index is 1470. The number of amides is 1. The summed E-state index contributed by atoms with van der Waals surface area (Å²) >= 11 is 0. The molecular formula is C37H45NO5. The molecule has 3 aliphatic rings. The van der Waals surface area contributed by atoms with E-state index >= 15 is 0 Å². The number of nitrogens with zero attached hydrogens (tertiary/aromatic N) is 1. The maximum atomic E-state index is 14.0. The molecule has 6 heteroatoms. The topological polar surface area (TPSA) is 83.9 Å². The number of ether oxygens (including phenoxy) is 1. The smallest absolute Gasteiger partial charge is 0.339 e. The summed E-state index contributed by atoms with van der Waals surface area (Å²) in [5, 5.41) is 9.31. The first kappa shape index (κ1) is 30.8. The first-order valence-electron chi connectivity index (χ1n) is 15.7. The van der Waals surface area contributed by atoms with E-state index in [0.717, 1.165) is 36.8 Å². The maximum absolute atomic E-state index is 14.0. The Morgan fingerprint density at radius 3 is 2.28 bits per heavy atom. The third-order valence-corrected chi connectivity index (χ3v) is 10.1. The minimum Gasteiger partial charge on any atom is -0.478 e. The van der Waals surface area contributed by atoms with Crippen molar-refractivity contribution in [1.29, 1.82) is 0 Å². The standard InChI is InChI=1S/C37H45NO5/c1-23(2)27-16-11-24(3)21-31(27)43-35(42)29-10-8-7-9-28(29)33(39)38-20-18-32-36(4,5)30(17-19-37(32,6)22-38)25-12-14-26(15-13-25)34(40)41/h7-10,12-15,17-18,23-24,27,31H,11,16,19-22H2,1-6H3,(H,40,41)/t24-,27+,31?,37+/m0/s1. The predicted molar refractivity (Wildman–Crippen MR) is 169 cm³/mol. The van der Waals surface area contributed by atoms with Gasteiger partial charge in [0.15, 0.2) is 0 Å². The number of benzene rings is 2. The fraction of sp³-hybridized carbons (Fsp3) is 0.486. The number of allylic oxidation sites excluding steroid dienone is 2. The second-order valence-electron chi connectivity index (χ2n) is 14.0. The van der Waals surface area contributed by atoms with Crippen LogP contribution in [0.15, 0.2) is 66.3 Å². The zero-order valence-corrected chi connectivity index (χ0v) is 26.4. The molecular weight excluding hydrogens is 538 g/mol. The lowest BCUT2D eigenvalue weighted by molar-refractivity contribution is -0.0175. The summed E-state index contributed by atoms with van der Waals surface area (Å²) in [7, 11) is 0. The maximum Gasteiger partial charge on any atom is 0.339 e. The van der Waals surface area contributed by atoms with E-state index in [1.165, 1.54) is 5.57 Å². The van der Waals surface area contributed by atoms with Crippen LogP contribution in [0.5, 0.6) is 0 Å². The molecule has 1 fully saturated rings. The summed E-state index contributed by atoms with van der Waals surface area (Å²) < 4.78 is 6.15. The molecule has 1 amide bonds. The van der Waals surface area contributed by atoms with Crippen LogP contribution in [0.1, 0.15) is 104 Å². The van der Waals surface area contributed by atoms with Gasteiger partial charge in [0.2, 0.25) is 0 Å². The van der Waals surface area contributed by atoms with Crippen molar-refractivity contribution in [2.75, 3.05) is 13.1 Å². The molecule has 6 nitrogen and oxygen atoms in total. The Morgan fingerprint density at radius 1 is 0.953 bits per heavy atom. The van der Waals surface area contributed by atoms with E-state index in [2.05, 4.69) is 53.7 Å². The average molecular weight is 584 g/mol. The van der Waals surface area contributed by atoms with Gasteiger partial charge in [-0.1, -0.05) is 90.0 Å². The number of carboxylic acid groups (broad SMARTS) is 1. The van der Waals surface area contributed by atoms with Gasteiger partial charge >= 0.3 is 11.9 Å². The van der Waals surface area contributed by atoms with Crippen LogP contribution >= 0.6 is 0 Å². The van der Waals surface area contributed by atoms with Crippen LogP contribution in [0.25, 0.3) is 5.57 Å². The largest absolute Gasteiger partial charge is 0.478 e.